The Kier molecular flexibility index (Phi) is 3.17. The fraction of sp³-hybridized carbons (Fsp3) is 0.444. The molecule has 2 nitrogen and oxygen atoms in total. The number of hydrogen-bond donors (Lipinski definition) is 1. The van der Waals surface area contributed by atoms with Crippen molar-refractivity contribution in [2.75, 3.05) is 0 Å². The average Bonchev–Trinajstić information content (AvgIpc) is 2.03. The van der Waals surface area contributed by atoms with E-state index in [4.69, 9.17) is 5.73 Å². The first-order valence-electron chi connectivity index (χ1n) is 4.04. The number of nitrogens with two attached hydrogens (primary N) is 1. The van der Waals surface area contributed by atoms with Crippen molar-refractivity contribution in [1.29, 1.82) is 0 Å². The molecule has 0 aliphatic carbocycles. The Morgan fingerprint density at radius 1 is 1.58 bits per heavy atom. The van der Waals surface area contributed by atoms with Crippen LogP contribution in [0.5, 0.6) is 0 Å². The van der Waals surface area contributed by atoms with Crippen LogP contribution in [0.1, 0.15) is 18.9 Å². The smallest absolute Gasteiger partial charge is 0.212 e. The van der Waals surface area contributed by atoms with E-state index in [2.05, 4.69) is 4.98 Å². The van der Waals surface area contributed by atoms with Crippen molar-refractivity contribution in [2.24, 2.45) is 5.73 Å². The molecule has 66 valence electrons. The molecule has 2 N–H and O–H groups in total. The van der Waals surface area contributed by atoms with Crippen LogP contribution in [-0.4, -0.2) is 11.0 Å². The van der Waals surface area contributed by atoms with Crippen molar-refractivity contribution in [3.05, 3.63) is 29.8 Å². The van der Waals surface area contributed by atoms with Gasteiger partial charge >= 0.3 is 0 Å². The third-order valence-corrected chi connectivity index (χ3v) is 1.68. The molecule has 0 saturated heterocycles. The summed E-state index contributed by atoms with van der Waals surface area (Å²) in [5.41, 5.74) is 6.61. The first-order valence-corrected chi connectivity index (χ1v) is 4.04. The van der Waals surface area contributed by atoms with Gasteiger partial charge in [-0.3, -0.25) is 0 Å². The van der Waals surface area contributed by atoms with Crippen LogP contribution in [0.4, 0.5) is 4.39 Å². The molecular formula is C9H13FN2. The summed E-state index contributed by atoms with van der Waals surface area (Å²) in [6.45, 7) is 1.96. The first kappa shape index (κ1) is 9.13. The summed E-state index contributed by atoms with van der Waals surface area (Å²) in [5, 5.41) is 0. The second-order valence-electron chi connectivity index (χ2n) is 3.01. The Labute approximate surface area is 71.6 Å². The number of aromatic nitrogens is 1. The molecule has 0 aliphatic rings. The van der Waals surface area contributed by atoms with Gasteiger partial charge in [-0.05, 0) is 31.4 Å². The predicted molar refractivity (Wildman–Crippen MR) is 46.2 cm³/mol. The van der Waals surface area contributed by atoms with E-state index in [0.29, 0.717) is 0 Å². The van der Waals surface area contributed by atoms with E-state index in [-0.39, 0.29) is 6.04 Å². The summed E-state index contributed by atoms with van der Waals surface area (Å²) in [7, 11) is 0. The number of nitrogens with zero attached hydrogens (tertiary/aromatic N) is 1. The lowest BCUT2D eigenvalue weighted by Gasteiger charge is -2.03. The SMILES string of the molecule is C[C@H](N)CCc1ccc(F)nc1. The molecule has 0 radical (unpaired) electrons. The van der Waals surface area contributed by atoms with Crippen molar-refractivity contribution in [3.8, 4) is 0 Å². The van der Waals surface area contributed by atoms with Gasteiger partial charge in [0.25, 0.3) is 0 Å². The van der Waals surface area contributed by atoms with Crippen molar-refractivity contribution in [3.63, 3.8) is 0 Å². The Bertz CT molecular complexity index is 231. The molecule has 0 unspecified atom stereocenters. The van der Waals surface area contributed by atoms with Gasteiger partial charge in [0, 0.05) is 12.2 Å². The standard InChI is InChI=1S/C9H13FN2/c1-7(11)2-3-8-4-5-9(10)12-6-8/h4-7H,2-3,11H2,1H3/t7-/m0/s1. The normalized spacial score (nSPS) is 12.9. The lowest BCUT2D eigenvalue weighted by atomic mass is 10.1. The van der Waals surface area contributed by atoms with Crippen LogP contribution in [0.25, 0.3) is 0 Å². The lowest BCUT2D eigenvalue weighted by Crippen LogP contribution is -2.15. The minimum atomic E-state index is -0.431. The summed E-state index contributed by atoms with van der Waals surface area (Å²) >= 11 is 0. The minimum absolute atomic E-state index is 0.190. The Balaban J connectivity index is 2.48. The van der Waals surface area contributed by atoms with Crippen LogP contribution in [0.2, 0.25) is 0 Å². The van der Waals surface area contributed by atoms with E-state index in [1.54, 1.807) is 12.3 Å². The maximum atomic E-state index is 12.3. The van der Waals surface area contributed by atoms with E-state index in [1.165, 1.54) is 6.07 Å². The highest BCUT2D eigenvalue weighted by atomic mass is 19.1. The molecule has 0 saturated carbocycles. The molecule has 3 heteroatoms. The molecule has 1 heterocycles. The average molecular weight is 168 g/mol. The topological polar surface area (TPSA) is 38.9 Å². The highest BCUT2D eigenvalue weighted by Gasteiger charge is 1.97. The third kappa shape index (κ3) is 2.96. The van der Waals surface area contributed by atoms with Crippen molar-refractivity contribution >= 4 is 0 Å². The minimum Gasteiger partial charge on any atom is -0.328 e. The lowest BCUT2D eigenvalue weighted by molar-refractivity contribution is 0.580. The molecule has 12 heavy (non-hydrogen) atoms. The molecule has 0 spiro atoms. The quantitative estimate of drug-likeness (QED) is 0.695. The summed E-state index contributed by atoms with van der Waals surface area (Å²) in [6, 6.07) is 3.30. The fourth-order valence-electron chi connectivity index (χ4n) is 0.949. The van der Waals surface area contributed by atoms with Gasteiger partial charge in [0.2, 0.25) is 5.95 Å². The van der Waals surface area contributed by atoms with Crippen LogP contribution in [0.15, 0.2) is 18.3 Å². The van der Waals surface area contributed by atoms with Crippen molar-refractivity contribution < 1.29 is 4.39 Å². The van der Waals surface area contributed by atoms with Crippen LogP contribution in [0.3, 0.4) is 0 Å². The number of halogens is 1. The van der Waals surface area contributed by atoms with Crippen LogP contribution >= 0.6 is 0 Å². The van der Waals surface area contributed by atoms with E-state index >= 15 is 0 Å². The van der Waals surface area contributed by atoms with Crippen LogP contribution in [0, 0.1) is 5.95 Å². The van der Waals surface area contributed by atoms with E-state index < -0.39 is 5.95 Å². The van der Waals surface area contributed by atoms with E-state index in [0.717, 1.165) is 18.4 Å². The van der Waals surface area contributed by atoms with Crippen molar-refractivity contribution in [1.82, 2.24) is 4.98 Å². The summed E-state index contributed by atoms with van der Waals surface area (Å²) in [5.74, 6) is -0.431. The second-order valence-corrected chi connectivity index (χ2v) is 3.01. The second kappa shape index (κ2) is 4.16. The summed E-state index contributed by atoms with van der Waals surface area (Å²) < 4.78 is 12.3. The van der Waals surface area contributed by atoms with Gasteiger partial charge in [-0.2, -0.15) is 4.39 Å². The number of pyridine rings is 1. The highest BCUT2D eigenvalue weighted by Crippen LogP contribution is 2.03. The third-order valence-electron chi connectivity index (χ3n) is 1.68. The zero-order chi connectivity index (χ0) is 8.97. The molecule has 0 aromatic carbocycles. The molecule has 1 aromatic rings. The molecule has 0 amide bonds. The molecule has 1 atom stereocenters. The zero-order valence-electron chi connectivity index (χ0n) is 7.13. The van der Waals surface area contributed by atoms with E-state index in [9.17, 15) is 4.39 Å². The highest BCUT2D eigenvalue weighted by molar-refractivity contribution is 5.09. The van der Waals surface area contributed by atoms with Crippen LogP contribution in [-0.2, 0) is 6.42 Å². The number of aryl methyl sites for hydroxylation is 1. The maximum Gasteiger partial charge on any atom is 0.212 e. The fourth-order valence-corrected chi connectivity index (χ4v) is 0.949. The Morgan fingerprint density at radius 2 is 2.33 bits per heavy atom. The van der Waals surface area contributed by atoms with Crippen molar-refractivity contribution in [2.45, 2.75) is 25.8 Å². The van der Waals surface area contributed by atoms with Gasteiger partial charge in [0.05, 0.1) is 0 Å². The number of hydrogen-bond acceptors (Lipinski definition) is 2. The predicted octanol–water partition coefficient (Wildman–Crippen LogP) is 1.50. The van der Waals surface area contributed by atoms with Gasteiger partial charge in [-0.15, -0.1) is 0 Å². The van der Waals surface area contributed by atoms with Gasteiger partial charge < -0.3 is 5.73 Å². The summed E-state index contributed by atoms with van der Waals surface area (Å²) in [6.07, 6.45) is 3.33. The first-order chi connectivity index (χ1) is 5.68. The van der Waals surface area contributed by atoms with Gasteiger partial charge in [0.15, 0.2) is 0 Å². The molecular weight excluding hydrogens is 155 g/mol. The Hall–Kier alpha value is -0.960. The maximum absolute atomic E-state index is 12.3. The monoisotopic (exact) mass is 168 g/mol. The Morgan fingerprint density at radius 3 is 2.83 bits per heavy atom. The molecule has 0 aliphatic heterocycles. The molecule has 0 bridgehead atoms. The van der Waals surface area contributed by atoms with Gasteiger partial charge in [-0.1, -0.05) is 6.07 Å². The zero-order valence-corrected chi connectivity index (χ0v) is 7.13. The molecule has 0 fully saturated rings. The molecule has 1 rings (SSSR count). The largest absolute Gasteiger partial charge is 0.328 e. The van der Waals surface area contributed by atoms with E-state index in [1.807, 2.05) is 6.92 Å². The molecule has 1 aromatic heterocycles. The van der Waals surface area contributed by atoms with Crippen LogP contribution < -0.4 is 5.73 Å². The van der Waals surface area contributed by atoms with Gasteiger partial charge in [-0.25, -0.2) is 4.98 Å². The number of rotatable bonds is 3. The van der Waals surface area contributed by atoms with Gasteiger partial charge in [0.1, 0.15) is 0 Å². The summed E-state index contributed by atoms with van der Waals surface area (Å²) in [4.78, 5) is 3.55.